The van der Waals surface area contributed by atoms with E-state index in [4.69, 9.17) is 9.47 Å². The van der Waals surface area contributed by atoms with Gasteiger partial charge in [0.05, 0.1) is 22.5 Å². The zero-order valence-corrected chi connectivity index (χ0v) is 25.6. The van der Waals surface area contributed by atoms with Crippen LogP contribution in [0.25, 0.3) is 0 Å². The Morgan fingerprint density at radius 2 is 1.44 bits per heavy atom. The second kappa shape index (κ2) is 13.8. The van der Waals surface area contributed by atoms with Crippen molar-refractivity contribution < 1.29 is 33.8 Å². The number of ether oxygens (including phenoxy) is 2. The van der Waals surface area contributed by atoms with Gasteiger partial charge in [0.25, 0.3) is 5.91 Å². The van der Waals surface area contributed by atoms with Crippen LogP contribution in [0.1, 0.15) is 38.6 Å². The van der Waals surface area contributed by atoms with Crippen LogP contribution in [-0.4, -0.2) is 99.4 Å². The topological polar surface area (TPSA) is 129 Å². The van der Waals surface area contributed by atoms with Crippen molar-refractivity contribution >= 4 is 35.2 Å². The van der Waals surface area contributed by atoms with E-state index in [1.54, 1.807) is 42.0 Å². The summed E-state index contributed by atoms with van der Waals surface area (Å²) in [6.45, 7) is 4.69. The fourth-order valence-corrected chi connectivity index (χ4v) is 6.08. The molecule has 6 rings (SSSR count). The van der Waals surface area contributed by atoms with E-state index in [1.807, 2.05) is 0 Å². The van der Waals surface area contributed by atoms with Gasteiger partial charge in [0, 0.05) is 52.7 Å². The lowest BCUT2D eigenvalue weighted by atomic mass is 9.90. The predicted molar refractivity (Wildman–Crippen MR) is 169 cm³/mol. The number of piperidine rings is 1. The van der Waals surface area contributed by atoms with Gasteiger partial charge in [-0.05, 0) is 48.9 Å². The lowest BCUT2D eigenvalue weighted by molar-refractivity contribution is -0.162. The van der Waals surface area contributed by atoms with Crippen LogP contribution in [-0.2, 0) is 19.1 Å². The number of hydrogen-bond donors (Lipinski definition) is 2. The number of rotatable bonds is 7. The lowest BCUT2D eigenvalue weighted by Crippen LogP contribution is -2.49. The molecule has 3 aromatic carbocycles. The molecule has 0 aliphatic carbocycles. The second-order valence-corrected chi connectivity index (χ2v) is 11.5. The summed E-state index contributed by atoms with van der Waals surface area (Å²) in [6, 6.07) is 23.0. The van der Waals surface area contributed by atoms with E-state index >= 15 is 0 Å². The second-order valence-electron chi connectivity index (χ2n) is 11.5. The molecule has 0 aromatic heterocycles. The quantitative estimate of drug-likeness (QED) is 0.383. The van der Waals surface area contributed by atoms with E-state index in [0.717, 1.165) is 24.0 Å². The summed E-state index contributed by atoms with van der Waals surface area (Å²) >= 11 is 0. The molecule has 0 radical (unpaired) electrons. The van der Waals surface area contributed by atoms with Crippen LogP contribution < -0.4 is 15.1 Å². The minimum absolute atomic E-state index is 0.0965. The van der Waals surface area contributed by atoms with Gasteiger partial charge < -0.3 is 34.6 Å². The van der Waals surface area contributed by atoms with Crippen LogP contribution >= 0.6 is 0 Å². The molecule has 3 aromatic rings. The number of likely N-dealkylation sites (N-methyl/N-ethyl adjacent to an activating group) is 2. The SMILES string of the molecule is CN(C)C(=O)[C@@H](OC(=O)c1ccccc1)[C@H](OC(=O)c1ccccc1)C(=O)O.CN1CCN2c3c(cccc31)[C@@H]1CNCC[C@@H]12. The number of carbonyl (C=O) groups excluding carboxylic acids is 3. The molecular weight excluding hydrogens is 576 g/mol. The number of nitrogens with one attached hydrogen (secondary N) is 1. The third-order valence-electron chi connectivity index (χ3n) is 8.36. The minimum atomic E-state index is -2.02. The number of benzene rings is 3. The number of fused-ring (bicyclic) bond motifs is 3. The molecular formula is C34H38N4O7. The number of carboxylic acids is 1. The molecule has 3 heterocycles. The highest BCUT2D eigenvalue weighted by Crippen LogP contribution is 2.49. The molecule has 3 aliphatic rings. The molecule has 45 heavy (non-hydrogen) atoms. The third kappa shape index (κ3) is 6.78. The van der Waals surface area contributed by atoms with Gasteiger partial charge in [-0.3, -0.25) is 4.79 Å². The lowest BCUT2D eigenvalue weighted by Gasteiger charge is -2.39. The molecule has 1 amide bonds. The van der Waals surface area contributed by atoms with Gasteiger partial charge in [0.1, 0.15) is 0 Å². The van der Waals surface area contributed by atoms with E-state index < -0.39 is 36.0 Å². The van der Waals surface area contributed by atoms with Crippen molar-refractivity contribution in [3.63, 3.8) is 0 Å². The van der Waals surface area contributed by atoms with Gasteiger partial charge in [-0.1, -0.05) is 48.5 Å². The first-order chi connectivity index (χ1) is 21.7. The maximum Gasteiger partial charge on any atom is 0.349 e. The Bertz CT molecular complexity index is 1530. The number of carboxylic acid groups (broad SMARTS) is 1. The van der Waals surface area contributed by atoms with Crippen molar-refractivity contribution in [1.29, 1.82) is 0 Å². The molecule has 1 saturated heterocycles. The van der Waals surface area contributed by atoms with E-state index in [0.29, 0.717) is 5.92 Å². The van der Waals surface area contributed by atoms with Crippen molar-refractivity contribution in [2.75, 3.05) is 57.1 Å². The Labute approximate surface area is 262 Å². The molecule has 0 bridgehead atoms. The predicted octanol–water partition coefficient (Wildman–Crippen LogP) is 3.01. The largest absolute Gasteiger partial charge is 0.478 e. The standard InChI is InChI=1S/C20H19NO7.C14H19N3/c1-21(2)17(22)15(27-19(25)13-9-5-3-6-10-13)16(18(23)24)28-20(26)14-11-7-4-8-12-14;1-16-7-8-17-12-5-6-15-9-11(12)10-3-2-4-13(16)14(10)17/h3-12,15-16H,1-2H3,(H,23,24);2-4,11-12,15H,5-9H2,1H3/t15-,16-;11-,12-/m00/s1. The van der Waals surface area contributed by atoms with Crippen LogP contribution in [0.15, 0.2) is 78.9 Å². The summed E-state index contributed by atoms with van der Waals surface area (Å²) in [5, 5.41) is 13.1. The van der Waals surface area contributed by atoms with Gasteiger partial charge >= 0.3 is 17.9 Å². The van der Waals surface area contributed by atoms with Crippen LogP contribution in [0.4, 0.5) is 11.4 Å². The Morgan fingerprint density at radius 1 is 0.844 bits per heavy atom. The Morgan fingerprint density at radius 3 is 2.02 bits per heavy atom. The van der Waals surface area contributed by atoms with E-state index in [-0.39, 0.29) is 11.1 Å². The van der Waals surface area contributed by atoms with Crippen LogP contribution in [0.3, 0.4) is 0 Å². The molecule has 0 unspecified atom stereocenters. The Kier molecular flexibility index (Phi) is 9.68. The van der Waals surface area contributed by atoms with Gasteiger partial charge in [-0.25, -0.2) is 14.4 Å². The number of para-hydroxylation sites is 1. The molecule has 11 nitrogen and oxygen atoms in total. The average Bonchev–Trinajstić information content (AvgIpc) is 3.39. The zero-order valence-electron chi connectivity index (χ0n) is 25.6. The maximum absolute atomic E-state index is 12.5. The number of carbonyl (C=O) groups is 4. The molecule has 0 saturated carbocycles. The highest BCUT2D eigenvalue weighted by Gasteiger charge is 2.43. The number of amides is 1. The van der Waals surface area contributed by atoms with E-state index in [1.165, 1.54) is 69.2 Å². The van der Waals surface area contributed by atoms with Crippen molar-refractivity contribution in [2.45, 2.75) is 30.6 Å². The third-order valence-corrected chi connectivity index (χ3v) is 8.36. The smallest absolute Gasteiger partial charge is 0.349 e. The van der Waals surface area contributed by atoms with E-state index in [2.05, 4.69) is 40.4 Å². The number of hydrogen-bond acceptors (Lipinski definition) is 9. The Hall–Kier alpha value is -4.90. The minimum Gasteiger partial charge on any atom is -0.478 e. The molecule has 3 aliphatic heterocycles. The summed E-state index contributed by atoms with van der Waals surface area (Å²) < 4.78 is 10.1. The van der Waals surface area contributed by atoms with Gasteiger partial charge in [-0.2, -0.15) is 0 Å². The first-order valence-corrected chi connectivity index (χ1v) is 14.9. The van der Waals surface area contributed by atoms with Crippen molar-refractivity contribution in [1.82, 2.24) is 10.2 Å². The fourth-order valence-electron chi connectivity index (χ4n) is 6.08. The van der Waals surface area contributed by atoms with Gasteiger partial charge in [0.15, 0.2) is 0 Å². The molecule has 2 N–H and O–H groups in total. The number of esters is 2. The van der Waals surface area contributed by atoms with Crippen molar-refractivity contribution in [2.24, 2.45) is 0 Å². The number of anilines is 2. The van der Waals surface area contributed by atoms with Crippen LogP contribution in [0.2, 0.25) is 0 Å². The highest BCUT2D eigenvalue weighted by atomic mass is 16.6. The first-order valence-electron chi connectivity index (χ1n) is 14.9. The van der Waals surface area contributed by atoms with Gasteiger partial charge in [-0.15, -0.1) is 0 Å². The zero-order chi connectivity index (χ0) is 32.1. The van der Waals surface area contributed by atoms with Crippen molar-refractivity contribution in [3.8, 4) is 0 Å². The molecule has 1 fully saturated rings. The van der Waals surface area contributed by atoms with Crippen LogP contribution in [0.5, 0.6) is 0 Å². The van der Waals surface area contributed by atoms with Gasteiger partial charge in [0.2, 0.25) is 12.2 Å². The highest BCUT2D eigenvalue weighted by molar-refractivity contribution is 5.96. The van der Waals surface area contributed by atoms with E-state index in [9.17, 15) is 24.3 Å². The summed E-state index contributed by atoms with van der Waals surface area (Å²) in [7, 11) is 4.94. The fraction of sp³-hybridized carbons (Fsp3) is 0.353. The van der Waals surface area contributed by atoms with Crippen LogP contribution in [0, 0.1) is 0 Å². The normalized spacial score (nSPS) is 19.1. The first kappa shape index (κ1) is 31.5. The summed E-state index contributed by atoms with van der Waals surface area (Å²) in [6.07, 6.45) is -2.58. The number of aliphatic carboxylic acids is 1. The molecule has 0 spiro atoms. The van der Waals surface area contributed by atoms with Crippen molar-refractivity contribution in [3.05, 3.63) is 95.6 Å². The monoisotopic (exact) mass is 614 g/mol. The number of nitrogens with zero attached hydrogens (tertiary/aromatic N) is 3. The summed E-state index contributed by atoms with van der Waals surface area (Å²) in [5.41, 5.74) is 4.76. The maximum atomic E-state index is 12.5. The molecule has 4 atom stereocenters. The molecule has 11 heteroatoms. The summed E-state index contributed by atoms with van der Waals surface area (Å²) in [5.74, 6) is -3.61. The molecule has 236 valence electrons. The average molecular weight is 615 g/mol. The Balaban J connectivity index is 0.000000198. The summed E-state index contributed by atoms with van der Waals surface area (Å²) in [4.78, 5) is 54.9.